The van der Waals surface area contributed by atoms with E-state index in [9.17, 15) is 0 Å². The third-order valence-corrected chi connectivity index (χ3v) is 10.1. The quantitative estimate of drug-likeness (QED) is 0.184. The fourth-order valence-corrected chi connectivity index (χ4v) is 7.88. The standard InChI is InChI=1S/C44H32/c1-27-22-33(40-25-32-19-16-28-10-4-5-11-34(28)43(32)38-14-7-6-12-35(38)40)23-31-18-17-29(24-39(27)31)30-20-21-37-36-13-8-9-15-41(36)44(2,3)42(37)26-30/h4-26H,1-3H3. The highest BCUT2D eigenvalue weighted by Gasteiger charge is 2.35. The van der Waals surface area contributed by atoms with Crippen molar-refractivity contribution in [3.63, 3.8) is 0 Å². The molecule has 0 aliphatic heterocycles. The average molecular weight is 561 g/mol. The van der Waals surface area contributed by atoms with Crippen molar-refractivity contribution in [2.24, 2.45) is 0 Å². The SMILES string of the molecule is Cc1cc(-c2cc3ccc4ccccc4c3c3ccccc23)cc2ccc(-c3ccc4c(c3)C(C)(C)c3ccccc3-4)cc12. The lowest BCUT2D eigenvalue weighted by Gasteiger charge is -2.22. The summed E-state index contributed by atoms with van der Waals surface area (Å²) in [7, 11) is 0. The Morgan fingerprint density at radius 2 is 1.05 bits per heavy atom. The second-order valence-corrected chi connectivity index (χ2v) is 13.0. The van der Waals surface area contributed by atoms with Gasteiger partial charge in [-0.05, 0) is 124 Å². The molecule has 0 saturated carbocycles. The van der Waals surface area contributed by atoms with E-state index in [4.69, 9.17) is 0 Å². The van der Waals surface area contributed by atoms with Crippen LogP contribution in [0.15, 0.2) is 140 Å². The Hall–Kier alpha value is -5.20. The van der Waals surface area contributed by atoms with Crippen LogP contribution in [0.4, 0.5) is 0 Å². The average Bonchev–Trinajstić information content (AvgIpc) is 3.29. The number of fused-ring (bicyclic) bond motifs is 9. The van der Waals surface area contributed by atoms with Gasteiger partial charge >= 0.3 is 0 Å². The molecule has 44 heavy (non-hydrogen) atoms. The summed E-state index contributed by atoms with van der Waals surface area (Å²) in [5, 5.41) is 10.4. The molecule has 8 aromatic rings. The Kier molecular flexibility index (Phi) is 5.26. The normalized spacial score (nSPS) is 13.5. The van der Waals surface area contributed by atoms with Crippen LogP contribution in [-0.2, 0) is 5.41 Å². The fraction of sp³-hybridized carbons (Fsp3) is 0.0909. The Labute approximate surface area is 258 Å². The second kappa shape index (κ2) is 9.15. The lowest BCUT2D eigenvalue weighted by atomic mass is 9.81. The molecule has 0 saturated heterocycles. The van der Waals surface area contributed by atoms with Gasteiger partial charge in [-0.2, -0.15) is 0 Å². The van der Waals surface area contributed by atoms with Crippen LogP contribution in [0.25, 0.3) is 76.5 Å². The van der Waals surface area contributed by atoms with Crippen molar-refractivity contribution in [3.05, 3.63) is 156 Å². The first-order valence-electron chi connectivity index (χ1n) is 15.6. The molecule has 1 aliphatic rings. The van der Waals surface area contributed by atoms with E-state index in [1.807, 2.05) is 0 Å². The third kappa shape index (κ3) is 3.58. The highest BCUT2D eigenvalue weighted by atomic mass is 14.4. The van der Waals surface area contributed by atoms with E-state index in [-0.39, 0.29) is 5.41 Å². The van der Waals surface area contributed by atoms with Crippen LogP contribution in [0.1, 0.15) is 30.5 Å². The van der Waals surface area contributed by atoms with Crippen LogP contribution in [0, 0.1) is 6.92 Å². The predicted molar refractivity (Wildman–Crippen MR) is 190 cm³/mol. The predicted octanol–water partition coefficient (Wildman–Crippen LogP) is 12.2. The van der Waals surface area contributed by atoms with Gasteiger partial charge in [-0.1, -0.05) is 129 Å². The number of aryl methyl sites for hydroxylation is 1. The minimum Gasteiger partial charge on any atom is -0.0619 e. The molecule has 0 unspecified atom stereocenters. The Morgan fingerprint density at radius 3 is 1.93 bits per heavy atom. The number of hydrogen-bond acceptors (Lipinski definition) is 0. The molecule has 0 nitrogen and oxygen atoms in total. The zero-order valence-corrected chi connectivity index (χ0v) is 25.3. The van der Waals surface area contributed by atoms with Crippen LogP contribution < -0.4 is 0 Å². The fourth-order valence-electron chi connectivity index (χ4n) is 7.88. The van der Waals surface area contributed by atoms with E-state index in [1.165, 1.54) is 93.2 Å². The van der Waals surface area contributed by atoms with E-state index in [2.05, 4.69) is 160 Å². The van der Waals surface area contributed by atoms with Gasteiger partial charge in [-0.15, -0.1) is 0 Å². The molecule has 0 amide bonds. The minimum absolute atomic E-state index is 0.00147. The van der Waals surface area contributed by atoms with Crippen molar-refractivity contribution in [2.45, 2.75) is 26.2 Å². The second-order valence-electron chi connectivity index (χ2n) is 13.0. The summed E-state index contributed by atoms with van der Waals surface area (Å²) in [5.41, 5.74) is 12.0. The maximum atomic E-state index is 2.42. The molecule has 0 fully saturated rings. The highest BCUT2D eigenvalue weighted by molar-refractivity contribution is 6.23. The minimum atomic E-state index is -0.00147. The van der Waals surface area contributed by atoms with Crippen LogP contribution in [0.5, 0.6) is 0 Å². The lowest BCUT2D eigenvalue weighted by molar-refractivity contribution is 0.660. The highest BCUT2D eigenvalue weighted by Crippen LogP contribution is 2.49. The molecule has 0 N–H and O–H groups in total. The zero-order valence-electron chi connectivity index (χ0n) is 25.3. The largest absolute Gasteiger partial charge is 0.0619 e. The molecule has 0 atom stereocenters. The molecule has 0 radical (unpaired) electrons. The van der Waals surface area contributed by atoms with E-state index < -0.39 is 0 Å². The molecule has 8 aromatic carbocycles. The van der Waals surface area contributed by atoms with Gasteiger partial charge in [0.15, 0.2) is 0 Å². The Bertz CT molecular complexity index is 2470. The smallest absolute Gasteiger partial charge is 0.0159 e. The summed E-state index contributed by atoms with van der Waals surface area (Å²) >= 11 is 0. The maximum Gasteiger partial charge on any atom is 0.0159 e. The number of rotatable bonds is 2. The summed E-state index contributed by atoms with van der Waals surface area (Å²) < 4.78 is 0. The summed E-state index contributed by atoms with van der Waals surface area (Å²) in [6.07, 6.45) is 0. The molecule has 0 heteroatoms. The lowest BCUT2D eigenvalue weighted by Crippen LogP contribution is -2.14. The first-order valence-corrected chi connectivity index (χ1v) is 15.6. The Balaban J connectivity index is 1.18. The van der Waals surface area contributed by atoms with Gasteiger partial charge in [0.2, 0.25) is 0 Å². The molecular weight excluding hydrogens is 528 g/mol. The molecular formula is C44H32. The molecule has 9 rings (SSSR count). The van der Waals surface area contributed by atoms with Crippen molar-refractivity contribution in [1.82, 2.24) is 0 Å². The summed E-state index contributed by atoms with van der Waals surface area (Å²) in [6.45, 7) is 6.97. The van der Waals surface area contributed by atoms with Crippen molar-refractivity contribution >= 4 is 43.1 Å². The topological polar surface area (TPSA) is 0 Å². The number of hydrogen-bond donors (Lipinski definition) is 0. The van der Waals surface area contributed by atoms with Gasteiger partial charge in [0.1, 0.15) is 0 Å². The molecule has 0 heterocycles. The van der Waals surface area contributed by atoms with Crippen molar-refractivity contribution < 1.29 is 0 Å². The van der Waals surface area contributed by atoms with Crippen LogP contribution in [-0.4, -0.2) is 0 Å². The number of benzene rings is 8. The van der Waals surface area contributed by atoms with Crippen molar-refractivity contribution in [3.8, 4) is 33.4 Å². The Morgan fingerprint density at radius 1 is 0.386 bits per heavy atom. The van der Waals surface area contributed by atoms with E-state index in [1.54, 1.807) is 0 Å². The van der Waals surface area contributed by atoms with Crippen LogP contribution >= 0.6 is 0 Å². The van der Waals surface area contributed by atoms with E-state index in [0.29, 0.717) is 0 Å². The third-order valence-electron chi connectivity index (χ3n) is 10.1. The first kappa shape index (κ1) is 25.3. The van der Waals surface area contributed by atoms with Gasteiger partial charge in [0, 0.05) is 5.41 Å². The summed E-state index contributed by atoms with van der Waals surface area (Å²) in [5.74, 6) is 0. The summed E-state index contributed by atoms with van der Waals surface area (Å²) in [4.78, 5) is 0. The molecule has 0 bridgehead atoms. The van der Waals surface area contributed by atoms with Crippen molar-refractivity contribution in [2.75, 3.05) is 0 Å². The molecule has 1 aliphatic carbocycles. The molecule has 208 valence electrons. The monoisotopic (exact) mass is 560 g/mol. The molecule has 0 aromatic heterocycles. The van der Waals surface area contributed by atoms with Gasteiger partial charge in [-0.25, -0.2) is 0 Å². The van der Waals surface area contributed by atoms with Gasteiger partial charge in [0.05, 0.1) is 0 Å². The maximum absolute atomic E-state index is 2.42. The van der Waals surface area contributed by atoms with Crippen molar-refractivity contribution in [1.29, 1.82) is 0 Å². The van der Waals surface area contributed by atoms with Gasteiger partial charge in [-0.3, -0.25) is 0 Å². The summed E-state index contributed by atoms with van der Waals surface area (Å²) in [6, 6.07) is 52.2. The van der Waals surface area contributed by atoms with Crippen LogP contribution in [0.2, 0.25) is 0 Å². The zero-order chi connectivity index (χ0) is 29.6. The van der Waals surface area contributed by atoms with Gasteiger partial charge in [0.25, 0.3) is 0 Å². The van der Waals surface area contributed by atoms with Gasteiger partial charge < -0.3 is 0 Å². The first-order chi connectivity index (χ1) is 21.5. The van der Waals surface area contributed by atoms with E-state index >= 15 is 0 Å². The van der Waals surface area contributed by atoms with Crippen LogP contribution in [0.3, 0.4) is 0 Å². The molecule has 0 spiro atoms. The van der Waals surface area contributed by atoms with E-state index in [0.717, 1.165) is 0 Å².